The Kier molecular flexibility index (Phi) is 3.53. The molecule has 2 N–H and O–H groups in total. The molecule has 2 heterocycles. The smallest absolute Gasteiger partial charge is 0.291 e. The van der Waals surface area contributed by atoms with E-state index in [0.717, 1.165) is 23.3 Å². The van der Waals surface area contributed by atoms with Crippen LogP contribution in [0.25, 0.3) is 0 Å². The molecule has 1 amide bonds. The molecule has 1 aliphatic rings. The monoisotopic (exact) mass is 300 g/mol. The van der Waals surface area contributed by atoms with Crippen molar-refractivity contribution in [2.75, 3.05) is 5.32 Å². The number of pyridine rings is 1. The van der Waals surface area contributed by atoms with Crippen molar-refractivity contribution in [2.45, 2.75) is 39.7 Å². The second kappa shape index (κ2) is 5.25. The molecule has 0 fully saturated rings. The van der Waals surface area contributed by atoms with Crippen molar-refractivity contribution in [1.29, 1.82) is 0 Å². The molecule has 0 radical (unpaired) electrons. The molecule has 22 heavy (non-hydrogen) atoms. The van der Waals surface area contributed by atoms with E-state index in [0.29, 0.717) is 12.1 Å². The van der Waals surface area contributed by atoms with Crippen LogP contribution in [0.4, 0.5) is 5.69 Å². The van der Waals surface area contributed by atoms with Gasteiger partial charge in [-0.25, -0.2) is 0 Å². The van der Waals surface area contributed by atoms with Gasteiger partial charge in [0.15, 0.2) is 5.76 Å². The minimum atomic E-state index is -0.579. The van der Waals surface area contributed by atoms with E-state index in [1.807, 2.05) is 6.92 Å². The zero-order valence-electron chi connectivity index (χ0n) is 13.0. The highest BCUT2D eigenvalue weighted by Gasteiger charge is 2.37. The number of anilines is 1. The molecular weight excluding hydrogens is 280 g/mol. The van der Waals surface area contributed by atoms with Crippen molar-refractivity contribution in [2.24, 2.45) is 5.41 Å². The van der Waals surface area contributed by atoms with Crippen LogP contribution in [0, 0.1) is 12.3 Å². The average Bonchev–Trinajstić information content (AvgIpc) is 2.75. The second-order valence-electron chi connectivity index (χ2n) is 6.64. The van der Waals surface area contributed by atoms with E-state index in [2.05, 4.69) is 24.1 Å². The Morgan fingerprint density at radius 2 is 2.09 bits per heavy atom. The van der Waals surface area contributed by atoms with E-state index >= 15 is 0 Å². The van der Waals surface area contributed by atoms with Crippen LogP contribution in [0.5, 0.6) is 0 Å². The van der Waals surface area contributed by atoms with Crippen molar-refractivity contribution >= 4 is 11.6 Å². The van der Waals surface area contributed by atoms with Crippen LogP contribution < -0.4 is 5.32 Å². The fraction of sp³-hybridized carbons (Fsp3) is 0.412. The van der Waals surface area contributed by atoms with E-state index in [1.165, 1.54) is 0 Å². The Morgan fingerprint density at radius 3 is 2.77 bits per heavy atom. The van der Waals surface area contributed by atoms with Gasteiger partial charge in [-0.1, -0.05) is 13.8 Å². The number of amides is 1. The van der Waals surface area contributed by atoms with E-state index < -0.39 is 6.10 Å². The number of rotatable bonds is 2. The Morgan fingerprint density at radius 1 is 1.41 bits per heavy atom. The first kappa shape index (κ1) is 14.8. The first-order chi connectivity index (χ1) is 10.4. The maximum Gasteiger partial charge on any atom is 0.291 e. The lowest BCUT2D eigenvalue weighted by molar-refractivity contribution is 0.0910. The Bertz CT molecular complexity index is 704. The summed E-state index contributed by atoms with van der Waals surface area (Å²) in [5, 5.41) is 13.2. The topological polar surface area (TPSA) is 75.4 Å². The number of aliphatic hydroxyl groups excluding tert-OH is 1. The number of furan rings is 1. The molecule has 2 aromatic heterocycles. The van der Waals surface area contributed by atoms with Crippen molar-refractivity contribution < 1.29 is 14.3 Å². The minimum Gasteiger partial charge on any atom is -0.455 e. The van der Waals surface area contributed by atoms with Crippen molar-refractivity contribution in [3.8, 4) is 0 Å². The third-order valence-electron chi connectivity index (χ3n) is 4.13. The van der Waals surface area contributed by atoms with E-state index in [4.69, 9.17) is 4.42 Å². The highest BCUT2D eigenvalue weighted by Crippen LogP contribution is 2.43. The molecule has 0 aliphatic heterocycles. The standard InChI is InChI=1S/C17H20N2O3/c1-10-14-12(20)8-17(2,3)9-13(14)22-15(10)16(21)19-11-4-6-18-7-5-11/h4-7,12,20H,8-9H2,1-3H3,(H,18,19,21)/t12-/m0/s1. The number of nitrogens with one attached hydrogen (secondary N) is 1. The van der Waals surface area contributed by atoms with Crippen LogP contribution in [-0.4, -0.2) is 16.0 Å². The Balaban J connectivity index is 1.91. The summed E-state index contributed by atoms with van der Waals surface area (Å²) in [4.78, 5) is 16.3. The van der Waals surface area contributed by atoms with Gasteiger partial charge in [-0.15, -0.1) is 0 Å². The summed E-state index contributed by atoms with van der Waals surface area (Å²) in [6, 6.07) is 3.43. The molecular formula is C17H20N2O3. The Labute approximate surface area is 129 Å². The third-order valence-corrected chi connectivity index (χ3v) is 4.13. The summed E-state index contributed by atoms with van der Waals surface area (Å²) in [6.45, 7) is 6.01. The van der Waals surface area contributed by atoms with Gasteiger partial charge < -0.3 is 14.8 Å². The molecule has 1 atom stereocenters. The average molecular weight is 300 g/mol. The molecule has 1 aliphatic carbocycles. The molecule has 2 aromatic rings. The summed E-state index contributed by atoms with van der Waals surface area (Å²) in [5.74, 6) is 0.697. The van der Waals surface area contributed by atoms with Crippen molar-refractivity contribution in [1.82, 2.24) is 4.98 Å². The van der Waals surface area contributed by atoms with Gasteiger partial charge in [0.1, 0.15) is 5.76 Å². The van der Waals surface area contributed by atoms with Gasteiger partial charge in [-0.3, -0.25) is 9.78 Å². The SMILES string of the molecule is Cc1c(C(=O)Nc2ccncc2)oc2c1[C@@H](O)CC(C)(C)C2. The number of nitrogens with zero attached hydrogens (tertiary/aromatic N) is 1. The highest BCUT2D eigenvalue weighted by atomic mass is 16.4. The van der Waals surface area contributed by atoms with E-state index in [-0.39, 0.29) is 17.1 Å². The molecule has 0 saturated carbocycles. The van der Waals surface area contributed by atoms with Crippen LogP contribution in [0.3, 0.4) is 0 Å². The largest absolute Gasteiger partial charge is 0.455 e. The molecule has 0 spiro atoms. The first-order valence-corrected chi connectivity index (χ1v) is 7.39. The number of carbonyl (C=O) groups excluding carboxylic acids is 1. The molecule has 5 heteroatoms. The fourth-order valence-electron chi connectivity index (χ4n) is 3.13. The molecule has 0 unspecified atom stereocenters. The molecule has 0 bridgehead atoms. The molecule has 5 nitrogen and oxygen atoms in total. The van der Waals surface area contributed by atoms with Gasteiger partial charge in [0.25, 0.3) is 5.91 Å². The Hall–Kier alpha value is -2.14. The zero-order chi connectivity index (χ0) is 15.9. The number of fused-ring (bicyclic) bond motifs is 1. The third kappa shape index (κ3) is 2.64. The summed E-state index contributed by atoms with van der Waals surface area (Å²) in [7, 11) is 0. The van der Waals surface area contributed by atoms with Gasteiger partial charge in [-0.05, 0) is 30.9 Å². The number of carbonyl (C=O) groups is 1. The van der Waals surface area contributed by atoms with Crippen LogP contribution >= 0.6 is 0 Å². The number of hydrogen-bond acceptors (Lipinski definition) is 4. The van der Waals surface area contributed by atoms with Gasteiger partial charge in [0.05, 0.1) is 6.10 Å². The molecule has 3 rings (SSSR count). The van der Waals surface area contributed by atoms with Crippen LogP contribution in [0.1, 0.15) is 53.8 Å². The van der Waals surface area contributed by atoms with Gasteiger partial charge >= 0.3 is 0 Å². The normalized spacial score (nSPS) is 19.5. The van der Waals surface area contributed by atoms with Crippen molar-refractivity contribution in [3.63, 3.8) is 0 Å². The lowest BCUT2D eigenvalue weighted by Gasteiger charge is -2.31. The first-order valence-electron chi connectivity index (χ1n) is 7.39. The van der Waals surface area contributed by atoms with E-state index in [1.54, 1.807) is 24.5 Å². The summed E-state index contributed by atoms with van der Waals surface area (Å²) < 4.78 is 5.79. The van der Waals surface area contributed by atoms with Crippen LogP contribution in [0.15, 0.2) is 28.9 Å². The number of hydrogen-bond donors (Lipinski definition) is 2. The van der Waals surface area contributed by atoms with Crippen LogP contribution in [0.2, 0.25) is 0 Å². The highest BCUT2D eigenvalue weighted by molar-refractivity contribution is 6.03. The maximum atomic E-state index is 12.4. The summed E-state index contributed by atoms with van der Waals surface area (Å²) in [6.07, 6.45) is 4.04. The van der Waals surface area contributed by atoms with Crippen molar-refractivity contribution in [3.05, 3.63) is 47.2 Å². The quantitative estimate of drug-likeness (QED) is 0.892. The lowest BCUT2D eigenvalue weighted by atomic mass is 9.75. The molecule has 0 aromatic carbocycles. The van der Waals surface area contributed by atoms with Gasteiger partial charge in [-0.2, -0.15) is 0 Å². The predicted molar refractivity (Wildman–Crippen MR) is 82.7 cm³/mol. The number of aliphatic hydroxyl groups is 1. The predicted octanol–water partition coefficient (Wildman–Crippen LogP) is 3.24. The van der Waals surface area contributed by atoms with E-state index in [9.17, 15) is 9.90 Å². The lowest BCUT2D eigenvalue weighted by Crippen LogP contribution is -2.24. The zero-order valence-corrected chi connectivity index (χ0v) is 13.0. The maximum absolute atomic E-state index is 12.4. The molecule has 0 saturated heterocycles. The second-order valence-corrected chi connectivity index (χ2v) is 6.64. The summed E-state index contributed by atoms with van der Waals surface area (Å²) in [5.41, 5.74) is 2.13. The fourth-order valence-corrected chi connectivity index (χ4v) is 3.13. The molecule has 116 valence electrons. The van der Waals surface area contributed by atoms with Crippen LogP contribution in [-0.2, 0) is 6.42 Å². The van der Waals surface area contributed by atoms with Gasteiger partial charge in [0, 0.05) is 35.6 Å². The number of aromatic nitrogens is 1. The minimum absolute atomic E-state index is 0.0322. The summed E-state index contributed by atoms with van der Waals surface area (Å²) >= 11 is 0. The van der Waals surface area contributed by atoms with Gasteiger partial charge in [0.2, 0.25) is 0 Å².